The van der Waals surface area contributed by atoms with Gasteiger partial charge in [-0.1, -0.05) is 40.0 Å². The van der Waals surface area contributed by atoms with E-state index < -0.39 is 0 Å². The molecule has 4 heteroatoms. The van der Waals surface area contributed by atoms with Crippen LogP contribution < -0.4 is 0 Å². The average molecular weight is 244 g/mol. The van der Waals surface area contributed by atoms with Gasteiger partial charge in [0.25, 0.3) is 0 Å². The zero-order chi connectivity index (χ0) is 12.0. The minimum absolute atomic E-state index is 0.534. The molecule has 16 heavy (non-hydrogen) atoms. The van der Waals surface area contributed by atoms with Gasteiger partial charge in [-0.2, -0.15) is 0 Å². The average Bonchev–Trinajstić information content (AvgIpc) is 2.65. The molecule has 0 aromatic carbocycles. The zero-order valence-electron chi connectivity index (χ0n) is 10.5. The summed E-state index contributed by atoms with van der Waals surface area (Å²) in [7, 11) is 0. The quantitative estimate of drug-likeness (QED) is 0.731. The summed E-state index contributed by atoms with van der Waals surface area (Å²) in [5, 5.41) is 8.55. The number of hydrogen-bond acceptors (Lipinski definition) is 2. The number of halogens is 1. The minimum atomic E-state index is 0.534. The third kappa shape index (κ3) is 3.48. The predicted molar refractivity (Wildman–Crippen MR) is 67.7 cm³/mol. The van der Waals surface area contributed by atoms with E-state index in [0.717, 1.165) is 18.8 Å². The fraction of sp³-hybridized carbons (Fsp3) is 0.833. The summed E-state index contributed by atoms with van der Waals surface area (Å²) >= 11 is 6.05. The Morgan fingerprint density at radius 1 is 1.25 bits per heavy atom. The van der Waals surface area contributed by atoms with Crippen LogP contribution in [0.15, 0.2) is 0 Å². The monoisotopic (exact) mass is 243 g/mol. The topological polar surface area (TPSA) is 30.7 Å². The van der Waals surface area contributed by atoms with Crippen LogP contribution in [-0.4, -0.2) is 14.8 Å². The molecule has 0 radical (unpaired) electrons. The number of hydrogen-bond donors (Lipinski definition) is 0. The highest BCUT2D eigenvalue weighted by Crippen LogP contribution is 2.18. The third-order valence-electron chi connectivity index (χ3n) is 3.08. The van der Waals surface area contributed by atoms with Gasteiger partial charge in [0.1, 0.15) is 5.82 Å². The van der Waals surface area contributed by atoms with Gasteiger partial charge in [-0.05, 0) is 23.9 Å². The Labute approximate surface area is 103 Å². The van der Waals surface area contributed by atoms with Crippen LogP contribution in [0.3, 0.4) is 0 Å². The Bertz CT molecular complexity index is 309. The Morgan fingerprint density at radius 3 is 2.56 bits per heavy atom. The summed E-state index contributed by atoms with van der Waals surface area (Å²) in [6.45, 7) is 7.52. The maximum Gasteiger partial charge on any atom is 0.225 e. The molecule has 3 nitrogen and oxygen atoms in total. The molecule has 1 atom stereocenters. The number of nitrogens with zero attached hydrogens (tertiary/aromatic N) is 3. The SMILES string of the molecule is CCCCC(CC)Cn1c(Cl)nnc1CC. The van der Waals surface area contributed by atoms with Gasteiger partial charge < -0.3 is 4.57 Å². The van der Waals surface area contributed by atoms with Crippen molar-refractivity contribution in [3.05, 3.63) is 11.1 Å². The lowest BCUT2D eigenvalue weighted by molar-refractivity contribution is 0.385. The number of unbranched alkanes of at least 4 members (excludes halogenated alkanes) is 1. The number of aromatic nitrogens is 3. The minimum Gasteiger partial charge on any atom is -0.302 e. The van der Waals surface area contributed by atoms with Crippen molar-refractivity contribution in [2.24, 2.45) is 5.92 Å². The van der Waals surface area contributed by atoms with E-state index in [1.165, 1.54) is 25.7 Å². The highest BCUT2D eigenvalue weighted by atomic mass is 35.5. The molecular formula is C12H22ClN3. The van der Waals surface area contributed by atoms with E-state index in [4.69, 9.17) is 11.6 Å². The molecular weight excluding hydrogens is 222 g/mol. The fourth-order valence-electron chi connectivity index (χ4n) is 1.93. The lowest BCUT2D eigenvalue weighted by Gasteiger charge is -2.16. The maximum absolute atomic E-state index is 6.05. The first-order valence-corrected chi connectivity index (χ1v) is 6.68. The van der Waals surface area contributed by atoms with Crippen molar-refractivity contribution in [3.8, 4) is 0 Å². The van der Waals surface area contributed by atoms with Crippen LogP contribution in [-0.2, 0) is 13.0 Å². The highest BCUT2D eigenvalue weighted by Gasteiger charge is 2.13. The highest BCUT2D eigenvalue weighted by molar-refractivity contribution is 6.28. The van der Waals surface area contributed by atoms with Gasteiger partial charge in [0, 0.05) is 13.0 Å². The smallest absolute Gasteiger partial charge is 0.225 e. The largest absolute Gasteiger partial charge is 0.302 e. The van der Waals surface area contributed by atoms with Crippen LogP contribution in [0.1, 0.15) is 52.3 Å². The van der Waals surface area contributed by atoms with Gasteiger partial charge in [0.05, 0.1) is 0 Å². The van der Waals surface area contributed by atoms with Crippen molar-refractivity contribution in [1.29, 1.82) is 0 Å². The summed E-state index contributed by atoms with van der Waals surface area (Å²) in [5.41, 5.74) is 0. The molecule has 0 saturated carbocycles. The molecule has 1 heterocycles. The van der Waals surface area contributed by atoms with Crippen LogP contribution in [0.4, 0.5) is 0 Å². The summed E-state index contributed by atoms with van der Waals surface area (Å²) in [6, 6.07) is 0. The summed E-state index contributed by atoms with van der Waals surface area (Å²) in [4.78, 5) is 0. The fourth-order valence-corrected chi connectivity index (χ4v) is 2.14. The number of rotatable bonds is 7. The summed E-state index contributed by atoms with van der Waals surface area (Å²) in [5.74, 6) is 1.69. The third-order valence-corrected chi connectivity index (χ3v) is 3.36. The van der Waals surface area contributed by atoms with Crippen LogP contribution >= 0.6 is 11.6 Å². The molecule has 0 bridgehead atoms. The standard InChI is InChI=1S/C12H22ClN3/c1-4-7-8-10(5-2)9-16-11(6-3)14-15-12(16)13/h10H,4-9H2,1-3H3. The lowest BCUT2D eigenvalue weighted by Crippen LogP contribution is -2.12. The molecule has 1 aromatic heterocycles. The molecule has 0 spiro atoms. The normalized spacial score (nSPS) is 13.0. The van der Waals surface area contributed by atoms with Crippen LogP contribution in [0.2, 0.25) is 5.28 Å². The predicted octanol–water partition coefficient (Wildman–Crippen LogP) is 3.71. The molecule has 0 aliphatic carbocycles. The van der Waals surface area contributed by atoms with Gasteiger partial charge in [-0.3, -0.25) is 0 Å². The van der Waals surface area contributed by atoms with E-state index in [2.05, 4.69) is 35.5 Å². The molecule has 1 rings (SSSR count). The van der Waals surface area contributed by atoms with Gasteiger partial charge >= 0.3 is 0 Å². The Balaban J connectivity index is 2.65. The second-order valence-corrected chi connectivity index (χ2v) is 4.60. The zero-order valence-corrected chi connectivity index (χ0v) is 11.3. The van der Waals surface area contributed by atoms with E-state index in [0.29, 0.717) is 11.2 Å². The molecule has 0 aliphatic rings. The number of aryl methyl sites for hydroxylation is 1. The van der Waals surface area contributed by atoms with Gasteiger partial charge in [-0.25, -0.2) is 0 Å². The van der Waals surface area contributed by atoms with E-state index in [-0.39, 0.29) is 0 Å². The van der Waals surface area contributed by atoms with E-state index in [1.54, 1.807) is 0 Å². The van der Waals surface area contributed by atoms with Crippen molar-refractivity contribution >= 4 is 11.6 Å². The van der Waals surface area contributed by atoms with Crippen LogP contribution in [0.5, 0.6) is 0 Å². The Kier molecular flexibility index (Phi) is 5.81. The van der Waals surface area contributed by atoms with Crippen molar-refractivity contribution in [2.45, 2.75) is 59.4 Å². The molecule has 0 aliphatic heterocycles. The van der Waals surface area contributed by atoms with Crippen LogP contribution in [0.25, 0.3) is 0 Å². The van der Waals surface area contributed by atoms with Gasteiger partial charge in [0.2, 0.25) is 5.28 Å². The molecule has 1 aromatic rings. The first kappa shape index (κ1) is 13.5. The Hall–Kier alpha value is -0.570. The maximum atomic E-state index is 6.05. The van der Waals surface area contributed by atoms with Crippen LogP contribution in [0, 0.1) is 5.92 Å². The first-order valence-electron chi connectivity index (χ1n) is 6.30. The molecule has 92 valence electrons. The van der Waals surface area contributed by atoms with Crippen molar-refractivity contribution < 1.29 is 0 Å². The van der Waals surface area contributed by atoms with E-state index in [9.17, 15) is 0 Å². The Morgan fingerprint density at radius 2 is 2.00 bits per heavy atom. The molecule has 1 unspecified atom stereocenters. The first-order chi connectivity index (χ1) is 7.72. The van der Waals surface area contributed by atoms with Crippen molar-refractivity contribution in [1.82, 2.24) is 14.8 Å². The summed E-state index contributed by atoms with van der Waals surface area (Å²) < 4.78 is 2.06. The molecule has 0 amide bonds. The molecule has 0 N–H and O–H groups in total. The van der Waals surface area contributed by atoms with E-state index >= 15 is 0 Å². The summed E-state index contributed by atoms with van der Waals surface area (Å²) in [6.07, 6.45) is 5.90. The van der Waals surface area contributed by atoms with Gasteiger partial charge in [-0.15, -0.1) is 10.2 Å². The molecule has 0 saturated heterocycles. The molecule has 0 fully saturated rings. The van der Waals surface area contributed by atoms with Crippen molar-refractivity contribution in [2.75, 3.05) is 0 Å². The lowest BCUT2D eigenvalue weighted by atomic mass is 9.99. The van der Waals surface area contributed by atoms with E-state index in [1.807, 2.05) is 0 Å². The second kappa shape index (κ2) is 6.89. The van der Waals surface area contributed by atoms with Crippen molar-refractivity contribution in [3.63, 3.8) is 0 Å². The second-order valence-electron chi connectivity index (χ2n) is 4.27. The van der Waals surface area contributed by atoms with Gasteiger partial charge in [0.15, 0.2) is 0 Å².